The Morgan fingerprint density at radius 2 is 1.95 bits per heavy atom. The molecule has 2 rings (SSSR count). The Kier molecular flexibility index (Phi) is 5.42. The normalized spacial score (nSPS) is 11.7. The van der Waals surface area contributed by atoms with E-state index in [1.807, 2.05) is 31.2 Å². The fourth-order valence-electron chi connectivity index (χ4n) is 2.16. The third kappa shape index (κ3) is 4.01. The summed E-state index contributed by atoms with van der Waals surface area (Å²) in [6.07, 6.45) is 0.801. The van der Waals surface area contributed by atoms with E-state index in [0.29, 0.717) is 17.9 Å². The molecule has 0 fully saturated rings. The standard InChI is InChI=1S/C18H22N2O2/c1-3-11-22-18(21)15-9-10-17(16(19)12-15)20-13(2)14-7-5-4-6-8-14/h4-10,12-13,20H,3,11,19H2,1-2H3. The average Bonchev–Trinajstić information content (AvgIpc) is 2.55. The third-order valence-electron chi connectivity index (χ3n) is 3.40. The first-order chi connectivity index (χ1) is 10.6. The summed E-state index contributed by atoms with van der Waals surface area (Å²) in [4.78, 5) is 11.8. The topological polar surface area (TPSA) is 64.3 Å². The zero-order valence-electron chi connectivity index (χ0n) is 13.0. The van der Waals surface area contributed by atoms with Crippen LogP contribution in [0.5, 0.6) is 0 Å². The van der Waals surface area contributed by atoms with E-state index in [1.165, 1.54) is 5.56 Å². The fourth-order valence-corrected chi connectivity index (χ4v) is 2.16. The largest absolute Gasteiger partial charge is 0.462 e. The minimum atomic E-state index is -0.337. The van der Waals surface area contributed by atoms with Crippen molar-refractivity contribution in [3.8, 4) is 0 Å². The van der Waals surface area contributed by atoms with Gasteiger partial charge in [0.1, 0.15) is 0 Å². The second-order valence-electron chi connectivity index (χ2n) is 5.21. The maximum absolute atomic E-state index is 11.8. The van der Waals surface area contributed by atoms with Gasteiger partial charge in [-0.2, -0.15) is 0 Å². The molecule has 0 radical (unpaired) electrons. The predicted molar refractivity (Wildman–Crippen MR) is 89.9 cm³/mol. The maximum Gasteiger partial charge on any atom is 0.338 e. The molecule has 0 aliphatic carbocycles. The molecule has 0 heterocycles. The summed E-state index contributed by atoms with van der Waals surface area (Å²) >= 11 is 0. The molecule has 4 nitrogen and oxygen atoms in total. The second kappa shape index (κ2) is 7.50. The summed E-state index contributed by atoms with van der Waals surface area (Å²) in [6, 6.07) is 15.4. The maximum atomic E-state index is 11.8. The molecule has 0 amide bonds. The Morgan fingerprint density at radius 1 is 1.23 bits per heavy atom. The van der Waals surface area contributed by atoms with E-state index in [4.69, 9.17) is 10.5 Å². The lowest BCUT2D eigenvalue weighted by molar-refractivity contribution is 0.0505. The first-order valence-corrected chi connectivity index (χ1v) is 7.50. The number of hydrogen-bond donors (Lipinski definition) is 2. The van der Waals surface area contributed by atoms with E-state index in [-0.39, 0.29) is 12.0 Å². The van der Waals surface area contributed by atoms with E-state index in [2.05, 4.69) is 24.4 Å². The summed E-state index contributed by atoms with van der Waals surface area (Å²) in [6.45, 7) is 4.45. The zero-order chi connectivity index (χ0) is 15.9. The van der Waals surface area contributed by atoms with Crippen molar-refractivity contribution in [3.05, 3.63) is 59.7 Å². The van der Waals surface area contributed by atoms with Gasteiger partial charge >= 0.3 is 5.97 Å². The van der Waals surface area contributed by atoms with Crippen LogP contribution in [0.4, 0.5) is 11.4 Å². The molecular formula is C18H22N2O2. The number of hydrogen-bond acceptors (Lipinski definition) is 4. The van der Waals surface area contributed by atoms with Gasteiger partial charge in [0.25, 0.3) is 0 Å². The molecule has 2 aromatic rings. The highest BCUT2D eigenvalue weighted by atomic mass is 16.5. The van der Waals surface area contributed by atoms with Gasteiger partial charge in [0, 0.05) is 6.04 Å². The molecular weight excluding hydrogens is 276 g/mol. The number of nitrogens with one attached hydrogen (secondary N) is 1. The molecule has 4 heteroatoms. The molecule has 0 spiro atoms. The van der Waals surface area contributed by atoms with Crippen LogP contribution in [0.15, 0.2) is 48.5 Å². The molecule has 0 saturated heterocycles. The van der Waals surface area contributed by atoms with E-state index < -0.39 is 0 Å². The van der Waals surface area contributed by atoms with Crippen LogP contribution in [0.2, 0.25) is 0 Å². The van der Waals surface area contributed by atoms with Crippen LogP contribution < -0.4 is 11.1 Å². The van der Waals surface area contributed by atoms with Gasteiger partial charge in [-0.1, -0.05) is 37.3 Å². The van der Waals surface area contributed by atoms with Crippen LogP contribution in [0.3, 0.4) is 0 Å². The molecule has 0 bridgehead atoms. The van der Waals surface area contributed by atoms with Gasteiger partial charge < -0.3 is 15.8 Å². The van der Waals surface area contributed by atoms with Gasteiger partial charge in [-0.25, -0.2) is 4.79 Å². The van der Waals surface area contributed by atoms with Crippen LogP contribution >= 0.6 is 0 Å². The molecule has 0 aromatic heterocycles. The minimum absolute atomic E-state index is 0.126. The highest BCUT2D eigenvalue weighted by Gasteiger charge is 2.11. The van der Waals surface area contributed by atoms with Gasteiger partial charge in [0.05, 0.1) is 23.5 Å². The monoisotopic (exact) mass is 298 g/mol. The van der Waals surface area contributed by atoms with Gasteiger partial charge in [0.2, 0.25) is 0 Å². The number of benzene rings is 2. The van der Waals surface area contributed by atoms with Crippen LogP contribution in [-0.4, -0.2) is 12.6 Å². The van der Waals surface area contributed by atoms with Gasteiger partial charge in [-0.15, -0.1) is 0 Å². The van der Waals surface area contributed by atoms with Crippen molar-refractivity contribution in [2.45, 2.75) is 26.3 Å². The summed E-state index contributed by atoms with van der Waals surface area (Å²) in [5, 5.41) is 3.36. The van der Waals surface area contributed by atoms with E-state index >= 15 is 0 Å². The summed E-state index contributed by atoms with van der Waals surface area (Å²) in [7, 11) is 0. The van der Waals surface area contributed by atoms with Crippen LogP contribution in [0.1, 0.15) is 42.2 Å². The molecule has 0 aliphatic rings. The summed E-state index contributed by atoms with van der Waals surface area (Å²) in [5.41, 5.74) is 9.04. The lowest BCUT2D eigenvalue weighted by Gasteiger charge is -2.17. The van der Waals surface area contributed by atoms with E-state index in [9.17, 15) is 4.79 Å². The Hall–Kier alpha value is -2.49. The van der Waals surface area contributed by atoms with Crippen molar-refractivity contribution in [1.29, 1.82) is 0 Å². The highest BCUT2D eigenvalue weighted by molar-refractivity contribution is 5.92. The first-order valence-electron chi connectivity index (χ1n) is 7.50. The molecule has 22 heavy (non-hydrogen) atoms. The minimum Gasteiger partial charge on any atom is -0.462 e. The van der Waals surface area contributed by atoms with Crippen LogP contribution in [0.25, 0.3) is 0 Å². The van der Waals surface area contributed by atoms with Gasteiger partial charge in [-0.05, 0) is 37.1 Å². The Labute approximate surface area is 131 Å². The van der Waals surface area contributed by atoms with E-state index in [0.717, 1.165) is 12.1 Å². The zero-order valence-corrected chi connectivity index (χ0v) is 13.0. The number of ether oxygens (including phenoxy) is 1. The number of anilines is 2. The Balaban J connectivity index is 2.08. The van der Waals surface area contributed by atoms with Crippen molar-refractivity contribution < 1.29 is 9.53 Å². The van der Waals surface area contributed by atoms with Crippen molar-refractivity contribution in [2.24, 2.45) is 0 Å². The molecule has 0 aliphatic heterocycles. The van der Waals surface area contributed by atoms with Crippen LogP contribution in [0, 0.1) is 0 Å². The molecule has 0 saturated carbocycles. The summed E-state index contributed by atoms with van der Waals surface area (Å²) in [5.74, 6) is -0.337. The van der Waals surface area contributed by atoms with E-state index in [1.54, 1.807) is 12.1 Å². The highest BCUT2D eigenvalue weighted by Crippen LogP contribution is 2.25. The van der Waals surface area contributed by atoms with Crippen molar-refractivity contribution in [2.75, 3.05) is 17.7 Å². The van der Waals surface area contributed by atoms with Crippen molar-refractivity contribution in [3.63, 3.8) is 0 Å². The second-order valence-corrected chi connectivity index (χ2v) is 5.21. The Morgan fingerprint density at radius 3 is 2.59 bits per heavy atom. The lowest BCUT2D eigenvalue weighted by atomic mass is 10.1. The number of carbonyl (C=O) groups excluding carboxylic acids is 1. The first kappa shape index (κ1) is 15.9. The smallest absolute Gasteiger partial charge is 0.338 e. The molecule has 3 N–H and O–H groups in total. The number of carbonyl (C=O) groups is 1. The molecule has 1 unspecified atom stereocenters. The van der Waals surface area contributed by atoms with Gasteiger partial charge in [-0.3, -0.25) is 0 Å². The molecule has 116 valence electrons. The number of nitrogen functional groups attached to an aromatic ring is 1. The quantitative estimate of drug-likeness (QED) is 0.625. The van der Waals surface area contributed by atoms with Crippen LogP contribution in [-0.2, 0) is 4.74 Å². The lowest BCUT2D eigenvalue weighted by Crippen LogP contribution is -2.10. The van der Waals surface area contributed by atoms with Crippen molar-refractivity contribution >= 4 is 17.3 Å². The molecule has 2 aromatic carbocycles. The molecule has 1 atom stereocenters. The average molecular weight is 298 g/mol. The summed E-state index contributed by atoms with van der Waals surface area (Å²) < 4.78 is 5.11. The van der Waals surface area contributed by atoms with Crippen molar-refractivity contribution in [1.82, 2.24) is 0 Å². The number of nitrogens with two attached hydrogens (primary N) is 1. The Bertz CT molecular complexity index is 626. The fraction of sp³-hybridized carbons (Fsp3) is 0.278. The third-order valence-corrected chi connectivity index (χ3v) is 3.40. The number of esters is 1. The number of rotatable bonds is 6. The van der Waals surface area contributed by atoms with Gasteiger partial charge in [0.15, 0.2) is 0 Å². The predicted octanol–water partition coefficient (Wildman–Crippen LogP) is 4.01. The SMILES string of the molecule is CCCOC(=O)c1ccc(NC(C)c2ccccc2)c(N)c1.